The zero-order chi connectivity index (χ0) is 16.1. The van der Waals surface area contributed by atoms with Gasteiger partial charge in [0, 0.05) is 23.8 Å². The molecule has 0 bridgehead atoms. The summed E-state index contributed by atoms with van der Waals surface area (Å²) in [6.07, 6.45) is 1.56. The number of piperidine rings is 1. The van der Waals surface area contributed by atoms with Gasteiger partial charge in [-0.05, 0) is 44.4 Å². The summed E-state index contributed by atoms with van der Waals surface area (Å²) in [6, 6.07) is 5.18. The molecule has 1 fully saturated rings. The number of esters is 1. The van der Waals surface area contributed by atoms with Crippen LogP contribution in [0.2, 0.25) is 5.02 Å². The normalized spacial score (nSPS) is 18.0. The van der Waals surface area contributed by atoms with Crippen LogP contribution in [0.4, 0.5) is 10.5 Å². The molecule has 1 N–H and O–H groups in total. The maximum atomic E-state index is 12.4. The third kappa shape index (κ3) is 3.91. The molecular weight excluding hydrogens is 304 g/mol. The van der Waals surface area contributed by atoms with E-state index in [1.807, 2.05) is 13.0 Å². The predicted molar refractivity (Wildman–Crippen MR) is 86.1 cm³/mol. The summed E-state index contributed by atoms with van der Waals surface area (Å²) in [7, 11) is 0. The van der Waals surface area contributed by atoms with E-state index >= 15 is 0 Å². The fourth-order valence-corrected chi connectivity index (χ4v) is 2.73. The molecule has 1 atom stereocenters. The Morgan fingerprint density at radius 2 is 2.23 bits per heavy atom. The van der Waals surface area contributed by atoms with Gasteiger partial charge in [0.1, 0.15) is 0 Å². The highest BCUT2D eigenvalue weighted by Crippen LogP contribution is 2.24. The molecule has 22 heavy (non-hydrogen) atoms. The maximum absolute atomic E-state index is 12.4. The minimum atomic E-state index is -0.236. The molecule has 1 unspecified atom stereocenters. The number of carbonyl (C=O) groups is 2. The van der Waals surface area contributed by atoms with Gasteiger partial charge in [-0.25, -0.2) is 4.79 Å². The van der Waals surface area contributed by atoms with E-state index in [2.05, 4.69) is 5.32 Å². The summed E-state index contributed by atoms with van der Waals surface area (Å²) in [6.45, 7) is 5.04. The number of ether oxygens (including phenoxy) is 1. The van der Waals surface area contributed by atoms with Crippen LogP contribution in [0.25, 0.3) is 0 Å². The molecule has 1 heterocycles. The smallest absolute Gasteiger partial charge is 0.321 e. The number of anilines is 1. The van der Waals surface area contributed by atoms with Gasteiger partial charge in [0.05, 0.1) is 12.5 Å². The highest BCUT2D eigenvalue weighted by atomic mass is 35.5. The Balaban J connectivity index is 2.00. The van der Waals surface area contributed by atoms with Crippen LogP contribution >= 0.6 is 11.6 Å². The molecule has 0 aliphatic carbocycles. The molecule has 0 aromatic heterocycles. The molecule has 2 amide bonds. The molecule has 0 radical (unpaired) electrons. The molecule has 6 heteroatoms. The Morgan fingerprint density at radius 3 is 2.95 bits per heavy atom. The van der Waals surface area contributed by atoms with Crippen LogP contribution in [0.3, 0.4) is 0 Å². The Kier molecular flexibility index (Phi) is 5.66. The average molecular weight is 325 g/mol. The van der Waals surface area contributed by atoms with Crippen molar-refractivity contribution in [2.45, 2.75) is 26.7 Å². The second-order valence-electron chi connectivity index (χ2n) is 5.38. The Labute approximate surface area is 135 Å². The van der Waals surface area contributed by atoms with Crippen molar-refractivity contribution in [1.29, 1.82) is 0 Å². The first-order chi connectivity index (χ1) is 10.5. The van der Waals surface area contributed by atoms with E-state index in [-0.39, 0.29) is 17.9 Å². The summed E-state index contributed by atoms with van der Waals surface area (Å²) in [5, 5.41) is 3.47. The molecule has 1 aliphatic heterocycles. The molecule has 1 saturated heterocycles. The van der Waals surface area contributed by atoms with E-state index in [1.54, 1.807) is 24.0 Å². The Morgan fingerprint density at radius 1 is 1.45 bits per heavy atom. The fourth-order valence-electron chi connectivity index (χ4n) is 2.55. The number of likely N-dealkylation sites (tertiary alicyclic amines) is 1. The van der Waals surface area contributed by atoms with Gasteiger partial charge in [-0.1, -0.05) is 17.7 Å². The van der Waals surface area contributed by atoms with E-state index in [4.69, 9.17) is 16.3 Å². The minimum absolute atomic E-state index is 0.209. The first kappa shape index (κ1) is 16.6. The molecule has 2 rings (SSSR count). The number of amides is 2. The van der Waals surface area contributed by atoms with Crippen LogP contribution in [-0.2, 0) is 9.53 Å². The standard InChI is InChI=1S/C16H21ClN2O3/c1-3-22-15(20)12-6-5-9-19(10-12)16(21)18-14-8-4-7-13(17)11(14)2/h4,7-8,12H,3,5-6,9-10H2,1-2H3,(H,18,21). The molecule has 1 aliphatic rings. The lowest BCUT2D eigenvalue weighted by Gasteiger charge is -2.31. The van der Waals surface area contributed by atoms with Crippen LogP contribution in [0, 0.1) is 12.8 Å². The van der Waals surface area contributed by atoms with Crippen molar-refractivity contribution in [1.82, 2.24) is 4.90 Å². The van der Waals surface area contributed by atoms with Crippen LogP contribution in [0.1, 0.15) is 25.3 Å². The number of nitrogens with one attached hydrogen (secondary N) is 1. The van der Waals surface area contributed by atoms with Gasteiger partial charge < -0.3 is 15.0 Å². The molecule has 5 nitrogen and oxygen atoms in total. The number of hydrogen-bond acceptors (Lipinski definition) is 3. The highest BCUT2D eigenvalue weighted by molar-refractivity contribution is 6.31. The van der Waals surface area contributed by atoms with Gasteiger partial charge >= 0.3 is 12.0 Å². The SMILES string of the molecule is CCOC(=O)C1CCCN(C(=O)Nc2cccc(Cl)c2C)C1. The van der Waals surface area contributed by atoms with Gasteiger partial charge in [0.2, 0.25) is 0 Å². The summed E-state index contributed by atoms with van der Waals surface area (Å²) in [5.41, 5.74) is 1.52. The monoisotopic (exact) mass is 324 g/mol. The number of halogens is 1. The van der Waals surface area contributed by atoms with Crippen LogP contribution < -0.4 is 5.32 Å². The fraction of sp³-hybridized carbons (Fsp3) is 0.500. The lowest BCUT2D eigenvalue weighted by Crippen LogP contribution is -2.44. The topological polar surface area (TPSA) is 58.6 Å². The molecule has 0 saturated carbocycles. The van der Waals surface area contributed by atoms with Gasteiger partial charge in [0.25, 0.3) is 0 Å². The first-order valence-electron chi connectivity index (χ1n) is 7.50. The summed E-state index contributed by atoms with van der Waals surface area (Å²) in [4.78, 5) is 25.9. The van der Waals surface area contributed by atoms with Crippen molar-refractivity contribution >= 4 is 29.3 Å². The number of rotatable bonds is 3. The van der Waals surface area contributed by atoms with E-state index in [1.165, 1.54) is 0 Å². The van der Waals surface area contributed by atoms with Gasteiger partial charge in [0.15, 0.2) is 0 Å². The third-order valence-electron chi connectivity index (χ3n) is 3.84. The van der Waals surface area contributed by atoms with Gasteiger partial charge in [-0.15, -0.1) is 0 Å². The molecule has 0 spiro atoms. The number of urea groups is 1. The largest absolute Gasteiger partial charge is 0.466 e. The number of carbonyl (C=O) groups excluding carboxylic acids is 2. The van der Waals surface area contributed by atoms with Crippen LogP contribution in [-0.4, -0.2) is 36.6 Å². The third-order valence-corrected chi connectivity index (χ3v) is 4.25. The van der Waals surface area contributed by atoms with Crippen molar-refractivity contribution in [2.75, 3.05) is 25.0 Å². The van der Waals surface area contributed by atoms with Crippen molar-refractivity contribution < 1.29 is 14.3 Å². The van der Waals surface area contributed by atoms with Crippen molar-refractivity contribution in [3.8, 4) is 0 Å². The second-order valence-corrected chi connectivity index (χ2v) is 5.79. The maximum Gasteiger partial charge on any atom is 0.321 e. The Hall–Kier alpha value is -1.75. The molecule has 1 aromatic rings. The summed E-state index contributed by atoms with van der Waals surface area (Å²) < 4.78 is 5.05. The number of hydrogen-bond donors (Lipinski definition) is 1. The van der Waals surface area contributed by atoms with E-state index in [0.717, 1.165) is 18.4 Å². The zero-order valence-electron chi connectivity index (χ0n) is 12.9. The minimum Gasteiger partial charge on any atom is -0.466 e. The zero-order valence-corrected chi connectivity index (χ0v) is 13.7. The molecule has 1 aromatic carbocycles. The molecular formula is C16H21ClN2O3. The van der Waals surface area contributed by atoms with Gasteiger partial charge in [-0.3, -0.25) is 4.79 Å². The predicted octanol–water partition coefficient (Wildman–Crippen LogP) is 3.46. The quantitative estimate of drug-likeness (QED) is 0.866. The average Bonchev–Trinajstić information content (AvgIpc) is 2.52. The van der Waals surface area contributed by atoms with E-state index in [0.29, 0.717) is 30.4 Å². The van der Waals surface area contributed by atoms with Crippen molar-refractivity contribution in [3.63, 3.8) is 0 Å². The summed E-state index contributed by atoms with van der Waals surface area (Å²) >= 11 is 6.06. The highest BCUT2D eigenvalue weighted by Gasteiger charge is 2.29. The van der Waals surface area contributed by atoms with Crippen LogP contribution in [0.15, 0.2) is 18.2 Å². The lowest BCUT2D eigenvalue weighted by molar-refractivity contribution is -0.149. The van der Waals surface area contributed by atoms with Crippen molar-refractivity contribution in [2.24, 2.45) is 5.92 Å². The van der Waals surface area contributed by atoms with E-state index < -0.39 is 0 Å². The van der Waals surface area contributed by atoms with Gasteiger partial charge in [-0.2, -0.15) is 0 Å². The summed E-state index contributed by atoms with van der Waals surface area (Å²) in [5.74, 6) is -0.459. The lowest BCUT2D eigenvalue weighted by atomic mass is 9.98. The Bertz CT molecular complexity index is 562. The van der Waals surface area contributed by atoms with E-state index in [9.17, 15) is 9.59 Å². The first-order valence-corrected chi connectivity index (χ1v) is 7.88. The van der Waals surface area contributed by atoms with Crippen LogP contribution in [0.5, 0.6) is 0 Å². The number of nitrogens with zero attached hydrogens (tertiary/aromatic N) is 1. The second kappa shape index (κ2) is 7.49. The molecule has 120 valence electrons. The van der Waals surface area contributed by atoms with Crippen molar-refractivity contribution in [3.05, 3.63) is 28.8 Å². The number of benzene rings is 1.